The summed E-state index contributed by atoms with van der Waals surface area (Å²) < 4.78 is 0. The van der Waals surface area contributed by atoms with E-state index < -0.39 is 0 Å². The summed E-state index contributed by atoms with van der Waals surface area (Å²) in [5.74, 6) is -0.00574. The van der Waals surface area contributed by atoms with Crippen molar-refractivity contribution in [1.82, 2.24) is 5.32 Å². The van der Waals surface area contributed by atoms with Gasteiger partial charge in [-0.2, -0.15) is 0 Å². The molecule has 2 aromatic rings. The molecule has 1 atom stereocenters. The number of benzene rings is 1. The Balaban J connectivity index is 1.95. The van der Waals surface area contributed by atoms with Crippen molar-refractivity contribution in [3.63, 3.8) is 0 Å². The highest BCUT2D eigenvalue weighted by Crippen LogP contribution is 2.18. The van der Waals surface area contributed by atoms with Gasteiger partial charge in [0.15, 0.2) is 0 Å². The number of nitrogens with one attached hydrogen (secondary N) is 1. The minimum absolute atomic E-state index is 0.00574. The molecule has 1 unspecified atom stereocenters. The molecule has 0 aliphatic carbocycles. The van der Waals surface area contributed by atoms with E-state index in [9.17, 15) is 4.79 Å². The molecule has 2 rings (SSSR count). The number of anilines is 1. The van der Waals surface area contributed by atoms with Gasteiger partial charge in [-0.15, -0.1) is 11.3 Å². The summed E-state index contributed by atoms with van der Waals surface area (Å²) in [7, 11) is 0. The lowest BCUT2D eigenvalue weighted by molar-refractivity contribution is -0.121. The van der Waals surface area contributed by atoms with Crippen LogP contribution in [0, 0.1) is 0 Å². The van der Waals surface area contributed by atoms with Gasteiger partial charge in [-0.1, -0.05) is 24.3 Å². The largest absolute Gasteiger partial charge is 0.398 e. The van der Waals surface area contributed by atoms with E-state index in [4.69, 9.17) is 5.73 Å². The number of amides is 1. The first-order chi connectivity index (χ1) is 8.66. The minimum Gasteiger partial charge on any atom is -0.398 e. The SMILES string of the molecule is CC(NC(=O)Cc1ccccc1N)c1cccs1. The fraction of sp³-hybridized carbons (Fsp3) is 0.214. The van der Waals surface area contributed by atoms with E-state index in [1.165, 1.54) is 0 Å². The smallest absolute Gasteiger partial charge is 0.224 e. The van der Waals surface area contributed by atoms with Crippen LogP contribution in [0.1, 0.15) is 23.4 Å². The van der Waals surface area contributed by atoms with Crippen molar-refractivity contribution in [2.75, 3.05) is 5.73 Å². The Morgan fingerprint density at radius 1 is 1.33 bits per heavy atom. The second kappa shape index (κ2) is 5.69. The zero-order chi connectivity index (χ0) is 13.0. The predicted molar refractivity (Wildman–Crippen MR) is 75.4 cm³/mol. The first-order valence-electron chi connectivity index (χ1n) is 5.83. The van der Waals surface area contributed by atoms with Crippen LogP contribution in [0.25, 0.3) is 0 Å². The third-order valence-corrected chi connectivity index (χ3v) is 3.81. The Labute approximate surface area is 111 Å². The molecule has 1 aromatic heterocycles. The van der Waals surface area contributed by atoms with E-state index in [0.717, 1.165) is 10.4 Å². The summed E-state index contributed by atoms with van der Waals surface area (Å²) in [6.07, 6.45) is 0.322. The van der Waals surface area contributed by atoms with Gasteiger partial charge in [-0.3, -0.25) is 4.79 Å². The van der Waals surface area contributed by atoms with E-state index in [-0.39, 0.29) is 11.9 Å². The van der Waals surface area contributed by atoms with Gasteiger partial charge < -0.3 is 11.1 Å². The lowest BCUT2D eigenvalue weighted by atomic mass is 10.1. The Hall–Kier alpha value is -1.81. The molecule has 0 radical (unpaired) electrons. The van der Waals surface area contributed by atoms with Crippen molar-refractivity contribution in [2.24, 2.45) is 0 Å². The summed E-state index contributed by atoms with van der Waals surface area (Å²) in [5.41, 5.74) is 7.35. The molecule has 0 aliphatic rings. The van der Waals surface area contributed by atoms with E-state index >= 15 is 0 Å². The Morgan fingerprint density at radius 2 is 2.11 bits per heavy atom. The standard InChI is InChI=1S/C14H16N2OS/c1-10(13-7-4-8-18-13)16-14(17)9-11-5-2-3-6-12(11)15/h2-8,10H,9,15H2,1H3,(H,16,17). The number of carbonyl (C=O) groups is 1. The third-order valence-electron chi connectivity index (χ3n) is 2.75. The number of carbonyl (C=O) groups excluding carboxylic acids is 1. The molecule has 18 heavy (non-hydrogen) atoms. The van der Waals surface area contributed by atoms with Gasteiger partial charge in [-0.25, -0.2) is 0 Å². The molecule has 3 nitrogen and oxygen atoms in total. The minimum atomic E-state index is -0.00574. The molecule has 0 fully saturated rings. The molecule has 1 heterocycles. The van der Waals surface area contributed by atoms with E-state index in [1.54, 1.807) is 11.3 Å². The van der Waals surface area contributed by atoms with Crippen molar-refractivity contribution < 1.29 is 4.79 Å². The fourth-order valence-corrected chi connectivity index (χ4v) is 2.50. The number of para-hydroxylation sites is 1. The van der Waals surface area contributed by atoms with Gasteiger partial charge in [0.25, 0.3) is 0 Å². The highest BCUT2D eigenvalue weighted by molar-refractivity contribution is 7.10. The molecular weight excluding hydrogens is 244 g/mol. The molecule has 0 saturated carbocycles. The lowest BCUT2D eigenvalue weighted by Gasteiger charge is -2.12. The first-order valence-corrected chi connectivity index (χ1v) is 6.71. The van der Waals surface area contributed by atoms with E-state index in [1.807, 2.05) is 48.7 Å². The van der Waals surface area contributed by atoms with Gasteiger partial charge in [0, 0.05) is 10.6 Å². The lowest BCUT2D eigenvalue weighted by Crippen LogP contribution is -2.27. The molecule has 4 heteroatoms. The van der Waals surface area contributed by atoms with E-state index in [0.29, 0.717) is 12.1 Å². The molecule has 94 valence electrons. The number of nitrogens with two attached hydrogens (primary N) is 1. The predicted octanol–water partition coefficient (Wildman–Crippen LogP) is 2.75. The van der Waals surface area contributed by atoms with Gasteiger partial charge in [0.1, 0.15) is 0 Å². The van der Waals surface area contributed by atoms with Crippen LogP contribution >= 0.6 is 11.3 Å². The number of hydrogen-bond donors (Lipinski definition) is 2. The molecule has 3 N–H and O–H groups in total. The fourth-order valence-electron chi connectivity index (χ4n) is 1.77. The maximum atomic E-state index is 11.9. The highest BCUT2D eigenvalue weighted by atomic mass is 32.1. The molecular formula is C14H16N2OS. The Kier molecular flexibility index (Phi) is 3.99. The number of nitrogen functional groups attached to an aromatic ring is 1. The first kappa shape index (κ1) is 12.6. The Bertz CT molecular complexity index is 522. The Morgan fingerprint density at radius 3 is 2.78 bits per heavy atom. The van der Waals surface area contributed by atoms with Crippen LogP contribution in [0.2, 0.25) is 0 Å². The maximum Gasteiger partial charge on any atom is 0.224 e. The molecule has 1 aromatic carbocycles. The monoisotopic (exact) mass is 260 g/mol. The van der Waals surface area contributed by atoms with Crippen LogP contribution in [-0.2, 0) is 11.2 Å². The molecule has 0 aliphatic heterocycles. The van der Waals surface area contributed by atoms with Gasteiger partial charge in [0.2, 0.25) is 5.91 Å². The van der Waals surface area contributed by atoms with Crippen LogP contribution < -0.4 is 11.1 Å². The molecule has 0 saturated heterocycles. The molecule has 1 amide bonds. The van der Waals surface area contributed by atoms with Crippen molar-refractivity contribution in [3.8, 4) is 0 Å². The highest BCUT2D eigenvalue weighted by Gasteiger charge is 2.11. The maximum absolute atomic E-state index is 11.9. The van der Waals surface area contributed by atoms with Gasteiger partial charge in [-0.05, 0) is 30.0 Å². The summed E-state index contributed by atoms with van der Waals surface area (Å²) in [4.78, 5) is 13.1. The van der Waals surface area contributed by atoms with Crippen LogP contribution in [-0.4, -0.2) is 5.91 Å². The van der Waals surface area contributed by atoms with Crippen LogP contribution in [0.3, 0.4) is 0 Å². The quantitative estimate of drug-likeness (QED) is 0.830. The molecule has 0 bridgehead atoms. The van der Waals surface area contributed by atoms with Crippen LogP contribution in [0.4, 0.5) is 5.69 Å². The third kappa shape index (κ3) is 3.11. The van der Waals surface area contributed by atoms with Crippen molar-refractivity contribution in [1.29, 1.82) is 0 Å². The van der Waals surface area contributed by atoms with Crippen LogP contribution in [0.15, 0.2) is 41.8 Å². The average Bonchev–Trinajstić information content (AvgIpc) is 2.85. The summed E-state index contributed by atoms with van der Waals surface area (Å²) in [5, 5.41) is 4.98. The normalized spacial score (nSPS) is 12.1. The van der Waals surface area contributed by atoms with E-state index in [2.05, 4.69) is 5.32 Å². The van der Waals surface area contributed by atoms with Crippen molar-refractivity contribution in [2.45, 2.75) is 19.4 Å². The zero-order valence-electron chi connectivity index (χ0n) is 10.2. The summed E-state index contributed by atoms with van der Waals surface area (Å²) in [6.45, 7) is 1.98. The van der Waals surface area contributed by atoms with Gasteiger partial charge in [0.05, 0.1) is 12.5 Å². The summed E-state index contributed by atoms with van der Waals surface area (Å²) >= 11 is 1.64. The molecule has 0 spiro atoms. The average molecular weight is 260 g/mol. The second-order valence-corrected chi connectivity index (χ2v) is 5.16. The zero-order valence-corrected chi connectivity index (χ0v) is 11.0. The number of hydrogen-bond acceptors (Lipinski definition) is 3. The second-order valence-electron chi connectivity index (χ2n) is 4.18. The van der Waals surface area contributed by atoms with Crippen molar-refractivity contribution in [3.05, 3.63) is 52.2 Å². The van der Waals surface area contributed by atoms with Crippen LogP contribution in [0.5, 0.6) is 0 Å². The summed E-state index contributed by atoms with van der Waals surface area (Å²) in [6, 6.07) is 11.5. The van der Waals surface area contributed by atoms with Crippen molar-refractivity contribution >= 4 is 22.9 Å². The van der Waals surface area contributed by atoms with Gasteiger partial charge >= 0.3 is 0 Å². The number of thiophene rings is 1. The number of rotatable bonds is 4. The topological polar surface area (TPSA) is 55.1 Å².